The van der Waals surface area contributed by atoms with E-state index in [9.17, 15) is 0 Å². The fraction of sp³-hybridized carbons (Fsp3) is 0.562. The Hall–Kier alpha value is -0.970. The van der Waals surface area contributed by atoms with E-state index < -0.39 is 0 Å². The Kier molecular flexibility index (Phi) is 4.65. The molecular weight excluding hydrogens is 268 g/mol. The summed E-state index contributed by atoms with van der Waals surface area (Å²) in [5.74, 6) is 0.764. The van der Waals surface area contributed by atoms with Gasteiger partial charge in [0.2, 0.25) is 0 Å². The monoisotopic (exact) mass is 290 g/mol. The van der Waals surface area contributed by atoms with Crippen LogP contribution in [0, 0.1) is 5.92 Å². The van der Waals surface area contributed by atoms with Crippen LogP contribution in [0.25, 0.3) is 10.2 Å². The molecule has 1 aliphatic rings. The van der Waals surface area contributed by atoms with E-state index in [1.54, 1.807) is 0 Å². The Labute approximate surface area is 124 Å². The van der Waals surface area contributed by atoms with E-state index in [0.717, 1.165) is 31.2 Å². The molecule has 1 saturated heterocycles. The van der Waals surface area contributed by atoms with Gasteiger partial charge in [0, 0.05) is 13.2 Å². The number of nitrogens with zero attached hydrogens (tertiary/aromatic N) is 1. The average Bonchev–Trinajstić information content (AvgIpc) is 2.92. The topological polar surface area (TPSA) is 34.1 Å². The van der Waals surface area contributed by atoms with Crippen LogP contribution in [0.2, 0.25) is 0 Å². The van der Waals surface area contributed by atoms with Crippen LogP contribution >= 0.6 is 11.3 Å². The summed E-state index contributed by atoms with van der Waals surface area (Å²) < 4.78 is 6.75. The molecule has 3 nitrogen and oxygen atoms in total. The lowest BCUT2D eigenvalue weighted by Gasteiger charge is -2.26. The number of aromatic nitrogens is 1. The van der Waals surface area contributed by atoms with Gasteiger partial charge in [-0.2, -0.15) is 0 Å². The van der Waals surface area contributed by atoms with Crippen LogP contribution in [-0.4, -0.2) is 24.7 Å². The largest absolute Gasteiger partial charge is 0.381 e. The fourth-order valence-corrected chi connectivity index (χ4v) is 3.93. The maximum absolute atomic E-state index is 5.46. The van der Waals surface area contributed by atoms with Crippen LogP contribution in [0.4, 0.5) is 0 Å². The van der Waals surface area contributed by atoms with Gasteiger partial charge in [-0.1, -0.05) is 19.1 Å². The third-order valence-electron chi connectivity index (χ3n) is 3.97. The number of benzene rings is 1. The summed E-state index contributed by atoms with van der Waals surface area (Å²) in [5.41, 5.74) is 1.13. The van der Waals surface area contributed by atoms with E-state index in [-0.39, 0.29) is 0 Å². The van der Waals surface area contributed by atoms with Crippen molar-refractivity contribution in [2.45, 2.75) is 32.2 Å². The molecule has 0 spiro atoms. The molecule has 20 heavy (non-hydrogen) atoms. The molecule has 1 fully saturated rings. The lowest BCUT2D eigenvalue weighted by atomic mass is 9.92. The molecular formula is C16H22N2OS. The van der Waals surface area contributed by atoms with Crippen molar-refractivity contribution in [3.05, 3.63) is 29.3 Å². The first kappa shape index (κ1) is 14.0. The van der Waals surface area contributed by atoms with E-state index in [0.29, 0.717) is 6.04 Å². The number of hydrogen-bond acceptors (Lipinski definition) is 4. The lowest BCUT2D eigenvalue weighted by Crippen LogP contribution is -2.26. The Morgan fingerprint density at radius 2 is 2.15 bits per heavy atom. The van der Waals surface area contributed by atoms with E-state index in [1.165, 1.54) is 29.0 Å². The molecule has 4 heteroatoms. The standard InChI is InChI=1S/C16H22N2OS/c1-2-17-14(11-12-7-9-19-10-8-12)16-18-13-5-3-4-6-15(13)20-16/h3-6,12,14,17H,2,7-11H2,1H3. The first-order chi connectivity index (χ1) is 9.86. The minimum atomic E-state index is 0.389. The van der Waals surface area contributed by atoms with Gasteiger partial charge >= 0.3 is 0 Å². The minimum Gasteiger partial charge on any atom is -0.381 e. The number of para-hydroxylation sites is 1. The SMILES string of the molecule is CCNC(CC1CCOCC1)c1nc2ccccc2s1. The number of fused-ring (bicyclic) bond motifs is 1. The summed E-state index contributed by atoms with van der Waals surface area (Å²) in [6.45, 7) is 5.00. The zero-order valence-corrected chi connectivity index (χ0v) is 12.8. The summed E-state index contributed by atoms with van der Waals surface area (Å²) in [6.07, 6.45) is 3.55. The van der Waals surface area contributed by atoms with Crippen molar-refractivity contribution in [3.8, 4) is 0 Å². The van der Waals surface area contributed by atoms with Crippen LogP contribution in [0.5, 0.6) is 0 Å². The number of nitrogens with one attached hydrogen (secondary N) is 1. The zero-order chi connectivity index (χ0) is 13.8. The molecule has 2 heterocycles. The molecule has 1 aromatic heterocycles. The van der Waals surface area contributed by atoms with Crippen molar-refractivity contribution in [2.24, 2.45) is 5.92 Å². The first-order valence-electron chi connectivity index (χ1n) is 7.53. The molecule has 1 unspecified atom stereocenters. The van der Waals surface area contributed by atoms with E-state index in [1.807, 2.05) is 11.3 Å². The predicted octanol–water partition coefficient (Wildman–Crippen LogP) is 3.76. The Bertz CT molecular complexity index is 515. The maximum atomic E-state index is 5.46. The predicted molar refractivity (Wildman–Crippen MR) is 84.2 cm³/mol. The number of hydrogen-bond donors (Lipinski definition) is 1. The van der Waals surface area contributed by atoms with Crippen molar-refractivity contribution in [3.63, 3.8) is 0 Å². The number of rotatable bonds is 5. The van der Waals surface area contributed by atoms with Gasteiger partial charge in [0.25, 0.3) is 0 Å². The Morgan fingerprint density at radius 3 is 2.90 bits per heavy atom. The molecule has 0 saturated carbocycles. The van der Waals surface area contributed by atoms with Gasteiger partial charge in [-0.15, -0.1) is 11.3 Å². The third kappa shape index (κ3) is 3.19. The molecule has 1 N–H and O–H groups in total. The second kappa shape index (κ2) is 6.66. The Balaban J connectivity index is 1.77. The smallest absolute Gasteiger partial charge is 0.111 e. The summed E-state index contributed by atoms with van der Waals surface area (Å²) >= 11 is 1.83. The quantitative estimate of drug-likeness (QED) is 0.910. The molecule has 0 aliphatic carbocycles. The van der Waals surface area contributed by atoms with Gasteiger partial charge in [0.1, 0.15) is 5.01 Å². The zero-order valence-electron chi connectivity index (χ0n) is 12.0. The molecule has 0 amide bonds. The van der Waals surface area contributed by atoms with Crippen LogP contribution in [0.15, 0.2) is 24.3 Å². The molecule has 3 rings (SSSR count). The molecule has 1 atom stereocenters. The van der Waals surface area contributed by atoms with Gasteiger partial charge < -0.3 is 10.1 Å². The highest BCUT2D eigenvalue weighted by Gasteiger charge is 2.22. The molecule has 1 aliphatic heterocycles. The minimum absolute atomic E-state index is 0.389. The average molecular weight is 290 g/mol. The van der Waals surface area contributed by atoms with Crippen LogP contribution in [0.1, 0.15) is 37.2 Å². The van der Waals surface area contributed by atoms with Crippen LogP contribution in [-0.2, 0) is 4.74 Å². The van der Waals surface area contributed by atoms with Crippen molar-refractivity contribution in [2.75, 3.05) is 19.8 Å². The molecule has 2 aromatic rings. The second-order valence-electron chi connectivity index (χ2n) is 5.42. The Morgan fingerprint density at radius 1 is 1.35 bits per heavy atom. The summed E-state index contributed by atoms with van der Waals surface area (Å²) in [4.78, 5) is 4.82. The summed E-state index contributed by atoms with van der Waals surface area (Å²) in [5, 5.41) is 4.85. The molecule has 108 valence electrons. The molecule has 1 aromatic carbocycles. The van der Waals surface area contributed by atoms with Crippen LogP contribution in [0.3, 0.4) is 0 Å². The van der Waals surface area contributed by atoms with Gasteiger partial charge in [0.15, 0.2) is 0 Å². The van der Waals surface area contributed by atoms with Gasteiger partial charge in [0.05, 0.1) is 16.3 Å². The summed E-state index contributed by atoms with van der Waals surface area (Å²) in [6, 6.07) is 8.80. The molecule has 0 bridgehead atoms. The van der Waals surface area contributed by atoms with Gasteiger partial charge in [-0.05, 0) is 43.9 Å². The van der Waals surface area contributed by atoms with E-state index >= 15 is 0 Å². The van der Waals surface area contributed by atoms with Crippen molar-refractivity contribution < 1.29 is 4.74 Å². The highest BCUT2D eigenvalue weighted by molar-refractivity contribution is 7.18. The normalized spacial score (nSPS) is 18.4. The third-order valence-corrected chi connectivity index (χ3v) is 5.12. The van der Waals surface area contributed by atoms with Crippen molar-refractivity contribution in [1.82, 2.24) is 10.3 Å². The molecule has 0 radical (unpaired) electrons. The van der Waals surface area contributed by atoms with Gasteiger partial charge in [-0.3, -0.25) is 0 Å². The fourth-order valence-electron chi connectivity index (χ4n) is 2.87. The maximum Gasteiger partial charge on any atom is 0.111 e. The second-order valence-corrected chi connectivity index (χ2v) is 6.48. The van der Waals surface area contributed by atoms with Crippen LogP contribution < -0.4 is 5.32 Å². The highest BCUT2D eigenvalue weighted by Crippen LogP contribution is 2.32. The number of ether oxygens (including phenoxy) is 1. The highest BCUT2D eigenvalue weighted by atomic mass is 32.1. The van der Waals surface area contributed by atoms with Crippen molar-refractivity contribution >= 4 is 21.6 Å². The van der Waals surface area contributed by atoms with E-state index in [2.05, 4.69) is 36.5 Å². The van der Waals surface area contributed by atoms with Gasteiger partial charge in [-0.25, -0.2) is 4.98 Å². The summed E-state index contributed by atoms with van der Waals surface area (Å²) in [7, 11) is 0. The lowest BCUT2D eigenvalue weighted by molar-refractivity contribution is 0.0606. The number of thiazole rings is 1. The van der Waals surface area contributed by atoms with Crippen molar-refractivity contribution in [1.29, 1.82) is 0 Å². The first-order valence-corrected chi connectivity index (χ1v) is 8.35. The van der Waals surface area contributed by atoms with E-state index in [4.69, 9.17) is 9.72 Å².